The highest BCUT2D eigenvalue weighted by molar-refractivity contribution is 6.11. The number of fused-ring (bicyclic) bond motifs is 1. The third-order valence-corrected chi connectivity index (χ3v) is 6.39. The smallest absolute Gasteiger partial charge is 0.396 e. The Morgan fingerprint density at radius 2 is 2.03 bits per heavy atom. The lowest BCUT2D eigenvalue weighted by Gasteiger charge is -2.43. The molecule has 1 amide bonds. The number of aromatic nitrogens is 3. The lowest BCUT2D eigenvalue weighted by Crippen LogP contribution is -2.54. The van der Waals surface area contributed by atoms with Crippen molar-refractivity contribution in [2.45, 2.75) is 37.4 Å². The molecular weight excluding hydrogens is 449 g/mol. The molecule has 0 radical (unpaired) electrons. The summed E-state index contributed by atoms with van der Waals surface area (Å²) >= 11 is 0. The quantitative estimate of drug-likeness (QED) is 0.605. The predicted octanol–water partition coefficient (Wildman–Crippen LogP) is 3.63. The van der Waals surface area contributed by atoms with E-state index in [9.17, 15) is 18.0 Å². The molecule has 174 valence electrons. The zero-order valence-corrected chi connectivity index (χ0v) is 17.9. The van der Waals surface area contributed by atoms with Crippen LogP contribution in [0, 0.1) is 11.3 Å². The molecule has 2 fully saturated rings. The number of aromatic amines is 1. The van der Waals surface area contributed by atoms with Crippen molar-refractivity contribution in [1.82, 2.24) is 15.0 Å². The third-order valence-electron chi connectivity index (χ3n) is 6.39. The molecule has 1 spiro atoms. The number of benzene rings is 1. The molecule has 0 bridgehead atoms. The number of nitriles is 1. The monoisotopic (exact) mass is 468 g/mol. The molecule has 1 saturated carbocycles. The summed E-state index contributed by atoms with van der Waals surface area (Å²) < 4.78 is 40.6. The Kier molecular flexibility index (Phi) is 4.87. The molecule has 8 nitrogen and oxygen atoms in total. The van der Waals surface area contributed by atoms with Crippen LogP contribution in [0.2, 0.25) is 0 Å². The number of pyridine rings is 1. The summed E-state index contributed by atoms with van der Waals surface area (Å²) in [5, 5.41) is 18.2. The average Bonchev–Trinajstić information content (AvgIpc) is 3.27. The first-order chi connectivity index (χ1) is 16.2. The molecule has 1 saturated heterocycles. The van der Waals surface area contributed by atoms with Crippen LogP contribution in [0.5, 0.6) is 0 Å². The standard InChI is InChI=1S/C23H19F3N6O2/c1-13-31(15-9-16(23(24,25)26)19(11-27)28-12-15)21(34)22(6-2-7-22)32(13)14-3-4-17-18(10-14)30-20(29-17)5-8-33/h3-4,9-10,12,33H,1-2,5-8H2,(H,29,30). The third kappa shape index (κ3) is 3.13. The van der Waals surface area contributed by atoms with Gasteiger partial charge in [-0.3, -0.25) is 9.69 Å². The molecule has 1 aliphatic carbocycles. The second-order valence-electron chi connectivity index (χ2n) is 8.34. The van der Waals surface area contributed by atoms with Gasteiger partial charge in [-0.05, 0) is 43.5 Å². The average molecular weight is 468 g/mol. The molecule has 11 heteroatoms. The van der Waals surface area contributed by atoms with E-state index >= 15 is 0 Å². The highest BCUT2D eigenvalue weighted by atomic mass is 19.4. The van der Waals surface area contributed by atoms with E-state index in [0.29, 0.717) is 36.3 Å². The van der Waals surface area contributed by atoms with Gasteiger partial charge in [0.25, 0.3) is 5.91 Å². The van der Waals surface area contributed by atoms with Crippen LogP contribution in [-0.4, -0.2) is 38.1 Å². The van der Waals surface area contributed by atoms with Gasteiger partial charge < -0.3 is 15.0 Å². The molecule has 2 aliphatic rings. The fourth-order valence-electron chi connectivity index (χ4n) is 4.67. The molecule has 34 heavy (non-hydrogen) atoms. The van der Waals surface area contributed by atoms with E-state index < -0.39 is 23.0 Å². The minimum absolute atomic E-state index is 0.0548. The molecule has 1 aromatic carbocycles. The van der Waals surface area contributed by atoms with Gasteiger partial charge >= 0.3 is 6.18 Å². The van der Waals surface area contributed by atoms with Crippen LogP contribution in [0.3, 0.4) is 0 Å². The molecular formula is C23H19F3N6O2. The summed E-state index contributed by atoms with van der Waals surface area (Å²) in [5.41, 5.74) is -0.993. The first-order valence-corrected chi connectivity index (χ1v) is 10.6. The molecule has 1 aliphatic heterocycles. The van der Waals surface area contributed by atoms with Gasteiger partial charge in [-0.2, -0.15) is 18.4 Å². The van der Waals surface area contributed by atoms with Gasteiger partial charge in [-0.15, -0.1) is 0 Å². The fraction of sp³-hybridized carbons (Fsp3) is 0.304. The Labute approximate surface area is 191 Å². The van der Waals surface area contributed by atoms with Crippen molar-refractivity contribution < 1.29 is 23.1 Å². The van der Waals surface area contributed by atoms with E-state index in [0.717, 1.165) is 29.1 Å². The Bertz CT molecular complexity index is 1370. The van der Waals surface area contributed by atoms with Gasteiger partial charge in [0.2, 0.25) is 0 Å². The molecule has 0 atom stereocenters. The largest absolute Gasteiger partial charge is 0.419 e. The van der Waals surface area contributed by atoms with Gasteiger partial charge in [-0.1, -0.05) is 6.58 Å². The lowest BCUT2D eigenvalue weighted by atomic mass is 9.75. The number of carbonyl (C=O) groups is 1. The SMILES string of the molecule is C=C1N(c2cnc(C#N)c(C(F)(F)F)c2)C(=O)C2(CCC2)N1c1ccc2[nH]c(CCO)nc2c1. The maximum atomic E-state index is 13.6. The Morgan fingerprint density at radius 3 is 2.65 bits per heavy atom. The predicted molar refractivity (Wildman–Crippen MR) is 117 cm³/mol. The van der Waals surface area contributed by atoms with Crippen LogP contribution >= 0.6 is 0 Å². The van der Waals surface area contributed by atoms with E-state index in [1.54, 1.807) is 23.1 Å². The number of anilines is 2. The Morgan fingerprint density at radius 1 is 1.26 bits per heavy atom. The number of aliphatic hydroxyl groups excluding tert-OH is 1. The number of imidazole rings is 1. The zero-order valence-electron chi connectivity index (χ0n) is 17.9. The summed E-state index contributed by atoms with van der Waals surface area (Å²) in [6.45, 7) is 3.99. The first-order valence-electron chi connectivity index (χ1n) is 10.6. The fourth-order valence-corrected chi connectivity index (χ4v) is 4.67. The van der Waals surface area contributed by atoms with Crippen LogP contribution in [-0.2, 0) is 17.4 Å². The number of rotatable bonds is 4. The highest BCUT2D eigenvalue weighted by Crippen LogP contribution is 2.50. The Hall–Kier alpha value is -3.91. The van der Waals surface area contributed by atoms with Crippen molar-refractivity contribution in [3.63, 3.8) is 0 Å². The zero-order chi connectivity index (χ0) is 24.3. The summed E-state index contributed by atoms with van der Waals surface area (Å²) in [6.07, 6.45) is -1.52. The van der Waals surface area contributed by atoms with Crippen molar-refractivity contribution in [1.29, 1.82) is 5.26 Å². The number of H-pyrrole nitrogens is 1. The molecule has 3 aromatic rings. The van der Waals surface area contributed by atoms with Gasteiger partial charge in [0.05, 0.1) is 35.1 Å². The number of aliphatic hydroxyl groups is 1. The van der Waals surface area contributed by atoms with Crippen molar-refractivity contribution in [2.75, 3.05) is 16.4 Å². The summed E-state index contributed by atoms with van der Waals surface area (Å²) in [6, 6.07) is 7.60. The molecule has 3 heterocycles. The second kappa shape index (κ2) is 7.56. The van der Waals surface area contributed by atoms with Crippen LogP contribution in [0.1, 0.15) is 36.3 Å². The number of halogens is 3. The van der Waals surface area contributed by atoms with Crippen molar-refractivity contribution in [2.24, 2.45) is 0 Å². The highest BCUT2D eigenvalue weighted by Gasteiger charge is 2.59. The maximum absolute atomic E-state index is 13.6. The molecule has 0 unspecified atom stereocenters. The summed E-state index contributed by atoms with van der Waals surface area (Å²) in [4.78, 5) is 27.7. The topological polar surface area (TPSA) is 109 Å². The van der Waals surface area contributed by atoms with E-state index in [-0.39, 0.29) is 24.0 Å². The second-order valence-corrected chi connectivity index (χ2v) is 8.34. The van der Waals surface area contributed by atoms with Gasteiger partial charge in [-0.25, -0.2) is 9.97 Å². The maximum Gasteiger partial charge on any atom is 0.419 e. The van der Waals surface area contributed by atoms with E-state index in [2.05, 4.69) is 21.5 Å². The van der Waals surface area contributed by atoms with Crippen LogP contribution < -0.4 is 9.80 Å². The molecule has 2 aromatic heterocycles. The van der Waals surface area contributed by atoms with Crippen LogP contribution in [0.25, 0.3) is 11.0 Å². The van der Waals surface area contributed by atoms with Crippen molar-refractivity contribution in [3.05, 3.63) is 59.9 Å². The normalized spacial score (nSPS) is 17.5. The van der Waals surface area contributed by atoms with E-state index in [1.807, 2.05) is 0 Å². The van der Waals surface area contributed by atoms with Crippen molar-refractivity contribution >= 4 is 28.3 Å². The van der Waals surface area contributed by atoms with Crippen molar-refractivity contribution in [3.8, 4) is 6.07 Å². The first kappa shape index (κ1) is 21.9. The van der Waals surface area contributed by atoms with E-state index in [1.165, 1.54) is 6.07 Å². The number of carbonyl (C=O) groups excluding carboxylic acids is 1. The lowest BCUT2D eigenvalue weighted by molar-refractivity contribution is -0.138. The van der Waals surface area contributed by atoms with Gasteiger partial charge in [0, 0.05) is 12.1 Å². The number of nitrogens with zero attached hydrogens (tertiary/aromatic N) is 5. The van der Waals surface area contributed by atoms with Gasteiger partial charge in [0.15, 0.2) is 5.69 Å². The number of alkyl halides is 3. The Balaban J connectivity index is 1.59. The minimum Gasteiger partial charge on any atom is -0.396 e. The molecule has 2 N–H and O–H groups in total. The number of hydrogen-bond donors (Lipinski definition) is 2. The number of hydrogen-bond acceptors (Lipinski definition) is 6. The number of nitrogens with one attached hydrogen (secondary N) is 1. The summed E-state index contributed by atoms with van der Waals surface area (Å²) in [7, 11) is 0. The number of amides is 1. The minimum atomic E-state index is -4.80. The van der Waals surface area contributed by atoms with Crippen LogP contribution in [0.4, 0.5) is 24.5 Å². The summed E-state index contributed by atoms with van der Waals surface area (Å²) in [5.74, 6) is 0.440. The molecule has 5 rings (SSSR count). The van der Waals surface area contributed by atoms with Gasteiger partial charge in [0.1, 0.15) is 23.3 Å². The van der Waals surface area contributed by atoms with E-state index in [4.69, 9.17) is 10.4 Å². The van der Waals surface area contributed by atoms with Crippen LogP contribution in [0.15, 0.2) is 42.9 Å².